The van der Waals surface area contributed by atoms with Gasteiger partial charge in [0.2, 0.25) is 0 Å². The number of aromatic nitrogens is 4. The summed E-state index contributed by atoms with van der Waals surface area (Å²) in [7, 11) is 0. The lowest BCUT2D eigenvalue weighted by atomic mass is 10.0. The van der Waals surface area contributed by atoms with Crippen molar-refractivity contribution in [3.8, 4) is 17.1 Å². The van der Waals surface area contributed by atoms with Gasteiger partial charge < -0.3 is 4.40 Å². The molecule has 0 atom stereocenters. The van der Waals surface area contributed by atoms with Gasteiger partial charge in [-0.05, 0) is 47.2 Å². The van der Waals surface area contributed by atoms with E-state index in [0.717, 1.165) is 33.4 Å². The number of benzene rings is 6. The Hall–Kier alpha value is -6.26. The molecule has 5 aromatic heterocycles. The lowest BCUT2D eigenvalue weighted by Gasteiger charge is -2.13. The molecular formula is C42H24N4. The Bertz CT molecular complexity index is 3020. The highest BCUT2D eigenvalue weighted by atomic mass is 15.1. The van der Waals surface area contributed by atoms with Gasteiger partial charge >= 0.3 is 0 Å². The highest BCUT2D eigenvalue weighted by Gasteiger charge is 2.25. The van der Waals surface area contributed by atoms with Gasteiger partial charge in [0.15, 0.2) is 0 Å². The van der Waals surface area contributed by atoms with E-state index in [2.05, 4.69) is 141 Å². The van der Waals surface area contributed by atoms with Crippen molar-refractivity contribution in [2.45, 2.75) is 0 Å². The van der Waals surface area contributed by atoms with Gasteiger partial charge in [-0.15, -0.1) is 0 Å². The minimum absolute atomic E-state index is 0.899. The van der Waals surface area contributed by atoms with E-state index in [1.54, 1.807) is 0 Å². The molecule has 0 bridgehead atoms. The molecule has 0 saturated heterocycles. The molecule has 0 aliphatic rings. The molecule has 0 aliphatic carbocycles. The predicted octanol–water partition coefficient (Wildman–Crippen LogP) is 10.7. The van der Waals surface area contributed by atoms with E-state index in [4.69, 9.17) is 4.98 Å². The maximum Gasteiger partial charge on any atom is 0.138 e. The number of fused-ring (bicyclic) bond motifs is 13. The molecule has 0 aliphatic heterocycles. The molecule has 6 aromatic carbocycles. The molecule has 212 valence electrons. The third-order valence-electron chi connectivity index (χ3n) is 9.87. The molecule has 5 heterocycles. The van der Waals surface area contributed by atoms with Crippen molar-refractivity contribution < 1.29 is 0 Å². The Morgan fingerprint density at radius 3 is 1.98 bits per heavy atom. The van der Waals surface area contributed by atoms with Crippen LogP contribution in [0.4, 0.5) is 0 Å². The van der Waals surface area contributed by atoms with Gasteiger partial charge in [0.05, 0.1) is 33.3 Å². The van der Waals surface area contributed by atoms with Crippen molar-refractivity contribution in [2.24, 2.45) is 0 Å². The third kappa shape index (κ3) is 2.98. The van der Waals surface area contributed by atoms with Crippen molar-refractivity contribution in [2.75, 3.05) is 0 Å². The molecule has 0 amide bonds. The predicted molar refractivity (Wildman–Crippen MR) is 191 cm³/mol. The van der Waals surface area contributed by atoms with E-state index in [1.165, 1.54) is 65.2 Å². The zero-order valence-corrected chi connectivity index (χ0v) is 24.6. The molecule has 0 N–H and O–H groups in total. The summed E-state index contributed by atoms with van der Waals surface area (Å²) >= 11 is 0. The first-order valence-corrected chi connectivity index (χ1v) is 15.7. The quantitative estimate of drug-likeness (QED) is 0.203. The minimum atomic E-state index is 0.899. The smallest absolute Gasteiger partial charge is 0.138 e. The summed E-state index contributed by atoms with van der Waals surface area (Å²) in [6.45, 7) is 0. The van der Waals surface area contributed by atoms with E-state index in [1.807, 2.05) is 18.5 Å². The number of hydrogen-bond acceptors (Lipinski definition) is 2. The molecule has 0 unspecified atom stereocenters. The molecule has 4 nitrogen and oxygen atoms in total. The van der Waals surface area contributed by atoms with Crippen molar-refractivity contribution in [3.63, 3.8) is 0 Å². The monoisotopic (exact) mass is 584 g/mol. The molecule has 11 aromatic rings. The van der Waals surface area contributed by atoms with Gasteiger partial charge in [0.25, 0.3) is 0 Å². The summed E-state index contributed by atoms with van der Waals surface area (Å²) in [5.74, 6) is 0.899. The average Bonchev–Trinajstić information content (AvgIpc) is 3.76. The summed E-state index contributed by atoms with van der Waals surface area (Å²) in [6, 6.07) is 48.2. The van der Waals surface area contributed by atoms with Crippen molar-refractivity contribution in [1.29, 1.82) is 0 Å². The van der Waals surface area contributed by atoms with Gasteiger partial charge in [-0.25, -0.2) is 4.98 Å². The number of pyridine rings is 2. The first-order valence-electron chi connectivity index (χ1n) is 15.7. The average molecular weight is 585 g/mol. The SMILES string of the molecule is c1cncc(-c2nc(-n3c4ccccc4c4cc5c6ccccc6n6c7c8ccccc8ccc7c(c43)c56)cc3ccccc23)c1. The maximum absolute atomic E-state index is 5.45. The van der Waals surface area contributed by atoms with Crippen LogP contribution in [0, 0.1) is 0 Å². The van der Waals surface area contributed by atoms with Crippen LogP contribution in [0.5, 0.6) is 0 Å². The molecule has 0 saturated carbocycles. The van der Waals surface area contributed by atoms with Crippen LogP contribution in [0.15, 0.2) is 146 Å². The van der Waals surface area contributed by atoms with Gasteiger partial charge in [-0.2, -0.15) is 0 Å². The number of nitrogens with zero attached hydrogens (tertiary/aromatic N) is 4. The summed E-state index contributed by atoms with van der Waals surface area (Å²) in [5.41, 5.74) is 8.03. The van der Waals surface area contributed by atoms with E-state index in [-0.39, 0.29) is 0 Å². The molecule has 4 heteroatoms. The Morgan fingerprint density at radius 2 is 1.15 bits per heavy atom. The lowest BCUT2D eigenvalue weighted by Crippen LogP contribution is -2.00. The zero-order chi connectivity index (χ0) is 29.9. The number of hydrogen-bond donors (Lipinski definition) is 0. The van der Waals surface area contributed by atoms with E-state index in [0.29, 0.717) is 0 Å². The normalized spacial score (nSPS) is 12.3. The lowest BCUT2D eigenvalue weighted by molar-refractivity contribution is 1.10. The van der Waals surface area contributed by atoms with Crippen LogP contribution in [-0.2, 0) is 0 Å². The van der Waals surface area contributed by atoms with Crippen molar-refractivity contribution >= 4 is 81.4 Å². The fourth-order valence-corrected chi connectivity index (χ4v) is 8.02. The topological polar surface area (TPSA) is 35.1 Å². The zero-order valence-electron chi connectivity index (χ0n) is 24.6. The Balaban J connectivity index is 1.41. The second kappa shape index (κ2) is 8.68. The number of para-hydroxylation sites is 2. The van der Waals surface area contributed by atoms with Crippen LogP contribution in [0.2, 0.25) is 0 Å². The van der Waals surface area contributed by atoms with Crippen LogP contribution in [0.1, 0.15) is 0 Å². The molecule has 11 rings (SSSR count). The van der Waals surface area contributed by atoms with E-state index in [9.17, 15) is 0 Å². The second-order valence-electron chi connectivity index (χ2n) is 12.2. The van der Waals surface area contributed by atoms with E-state index < -0.39 is 0 Å². The molecule has 0 spiro atoms. The summed E-state index contributed by atoms with van der Waals surface area (Å²) in [4.78, 5) is 9.90. The van der Waals surface area contributed by atoms with Crippen LogP contribution >= 0.6 is 0 Å². The standard InChI is InChI=1S/C42H24N4/c1-4-14-29-25(10-1)19-20-32-38-41-33(23-34-31-16-6-8-18-36(31)46(40(29)32)42(34)38)30-15-5-7-17-35(30)45(41)37-22-26-11-2-3-13-28(26)39(44-37)27-12-9-21-43-24-27/h1-24H. The van der Waals surface area contributed by atoms with Crippen LogP contribution < -0.4 is 0 Å². The van der Waals surface area contributed by atoms with Gasteiger partial charge in [0, 0.05) is 61.0 Å². The van der Waals surface area contributed by atoms with E-state index >= 15 is 0 Å². The highest BCUT2D eigenvalue weighted by molar-refractivity contribution is 6.36. The largest absolute Gasteiger partial charge is 0.307 e. The van der Waals surface area contributed by atoms with Crippen molar-refractivity contribution in [3.05, 3.63) is 146 Å². The first-order chi connectivity index (χ1) is 22.8. The van der Waals surface area contributed by atoms with Gasteiger partial charge in [-0.1, -0.05) is 97.1 Å². The van der Waals surface area contributed by atoms with Crippen molar-refractivity contribution in [1.82, 2.24) is 18.9 Å². The molecule has 0 fully saturated rings. The maximum atomic E-state index is 5.45. The Kier molecular flexibility index (Phi) is 4.55. The van der Waals surface area contributed by atoms with Crippen LogP contribution in [0.3, 0.4) is 0 Å². The van der Waals surface area contributed by atoms with Crippen LogP contribution in [0.25, 0.3) is 98.5 Å². The fraction of sp³-hybridized carbons (Fsp3) is 0. The highest BCUT2D eigenvalue weighted by Crippen LogP contribution is 2.47. The summed E-state index contributed by atoms with van der Waals surface area (Å²) in [5, 5.41) is 12.3. The summed E-state index contributed by atoms with van der Waals surface area (Å²) in [6.07, 6.45) is 3.73. The first kappa shape index (κ1) is 24.1. The molecule has 46 heavy (non-hydrogen) atoms. The second-order valence-corrected chi connectivity index (χ2v) is 12.2. The third-order valence-corrected chi connectivity index (χ3v) is 9.87. The van der Waals surface area contributed by atoms with Gasteiger partial charge in [0.1, 0.15) is 5.82 Å². The fourth-order valence-electron chi connectivity index (χ4n) is 8.02. The summed E-state index contributed by atoms with van der Waals surface area (Å²) < 4.78 is 4.91. The Morgan fingerprint density at radius 1 is 0.457 bits per heavy atom. The van der Waals surface area contributed by atoms with Crippen LogP contribution in [-0.4, -0.2) is 18.9 Å². The minimum Gasteiger partial charge on any atom is -0.307 e. The molecular weight excluding hydrogens is 560 g/mol. The molecule has 0 radical (unpaired) electrons. The Labute approximate surface area is 262 Å². The van der Waals surface area contributed by atoms with Gasteiger partial charge in [-0.3, -0.25) is 9.55 Å². The number of rotatable bonds is 2.